The van der Waals surface area contributed by atoms with Crippen LogP contribution in [0.15, 0.2) is 91.0 Å². The Bertz CT molecular complexity index is 1470. The topological polar surface area (TPSA) is 91.7 Å². The number of phenols is 2. The lowest BCUT2D eigenvalue weighted by molar-refractivity contribution is 0.102. The molecule has 0 spiro atoms. The summed E-state index contributed by atoms with van der Waals surface area (Å²) in [6.45, 7) is 2.51. The first-order chi connectivity index (χ1) is 17.5. The van der Waals surface area contributed by atoms with E-state index in [-0.39, 0.29) is 23.3 Å². The highest BCUT2D eigenvalue weighted by molar-refractivity contribution is 7.22. The molecule has 0 saturated carbocycles. The fraction of sp³-hybridized carbons (Fsp3) is 0.103. The highest BCUT2D eigenvalue weighted by atomic mass is 32.1. The average molecular weight is 497 g/mol. The molecule has 0 aliphatic carbocycles. The first kappa shape index (κ1) is 23.4. The fourth-order valence-electron chi connectivity index (χ4n) is 4.22. The number of hydrogen-bond donors (Lipinski definition) is 3. The van der Waals surface area contributed by atoms with E-state index in [0.29, 0.717) is 17.3 Å². The van der Waals surface area contributed by atoms with Crippen molar-refractivity contribution in [2.45, 2.75) is 12.8 Å². The van der Waals surface area contributed by atoms with Gasteiger partial charge in [0.25, 0.3) is 5.91 Å². The van der Waals surface area contributed by atoms with Crippen molar-refractivity contribution < 1.29 is 19.7 Å². The van der Waals surface area contributed by atoms with Crippen LogP contribution in [0.1, 0.15) is 39.9 Å². The number of thiazole rings is 1. The molecule has 0 unspecified atom stereocenters. The third-order valence-electron chi connectivity index (χ3n) is 5.86. The second kappa shape index (κ2) is 10.1. The number of benzene rings is 4. The van der Waals surface area contributed by atoms with E-state index in [1.54, 1.807) is 30.3 Å². The maximum atomic E-state index is 13.5. The van der Waals surface area contributed by atoms with Crippen molar-refractivity contribution in [2.75, 3.05) is 11.9 Å². The van der Waals surface area contributed by atoms with E-state index in [2.05, 4.69) is 10.3 Å². The molecule has 6 nitrogen and oxygen atoms in total. The number of rotatable bonds is 7. The van der Waals surface area contributed by atoms with Crippen molar-refractivity contribution in [3.05, 3.63) is 113 Å². The SMILES string of the molecule is CCOc1ccc2nc(NC(=O)c3ccccc3C(c3ccc(O)cc3)c3ccc(O)cc3)sc2c1. The minimum absolute atomic E-state index is 0.164. The van der Waals surface area contributed by atoms with Crippen LogP contribution in [-0.4, -0.2) is 27.7 Å². The van der Waals surface area contributed by atoms with Gasteiger partial charge in [-0.15, -0.1) is 0 Å². The van der Waals surface area contributed by atoms with Gasteiger partial charge in [-0.3, -0.25) is 10.1 Å². The fourth-order valence-corrected chi connectivity index (χ4v) is 5.11. The summed E-state index contributed by atoms with van der Waals surface area (Å²) in [7, 11) is 0. The van der Waals surface area contributed by atoms with Gasteiger partial charge in [0.1, 0.15) is 17.2 Å². The number of carbonyl (C=O) groups excluding carboxylic acids is 1. The molecule has 3 N–H and O–H groups in total. The number of hydrogen-bond acceptors (Lipinski definition) is 6. The first-order valence-corrected chi connectivity index (χ1v) is 12.3. The summed E-state index contributed by atoms with van der Waals surface area (Å²) < 4.78 is 6.50. The predicted molar refractivity (Wildman–Crippen MR) is 142 cm³/mol. The van der Waals surface area contributed by atoms with Crippen LogP contribution in [0.3, 0.4) is 0 Å². The van der Waals surface area contributed by atoms with E-state index in [4.69, 9.17) is 4.74 Å². The normalized spacial score (nSPS) is 11.1. The summed E-state index contributed by atoms with van der Waals surface area (Å²) in [6, 6.07) is 27.0. The molecule has 1 aromatic heterocycles. The van der Waals surface area contributed by atoms with Gasteiger partial charge in [-0.1, -0.05) is 53.8 Å². The van der Waals surface area contributed by atoms with Crippen LogP contribution in [0.4, 0.5) is 5.13 Å². The molecule has 0 aliphatic heterocycles. The Morgan fingerprint density at radius 2 is 1.56 bits per heavy atom. The lowest BCUT2D eigenvalue weighted by Gasteiger charge is -2.21. The van der Waals surface area contributed by atoms with E-state index in [1.165, 1.54) is 11.3 Å². The van der Waals surface area contributed by atoms with Crippen LogP contribution in [0.2, 0.25) is 0 Å². The zero-order valence-corrected chi connectivity index (χ0v) is 20.3. The Morgan fingerprint density at radius 3 is 2.19 bits per heavy atom. The second-order valence-corrected chi connectivity index (χ2v) is 9.27. The Labute approximate surface area is 212 Å². The number of aromatic nitrogens is 1. The lowest BCUT2D eigenvalue weighted by Crippen LogP contribution is -2.16. The molecule has 0 aliphatic rings. The van der Waals surface area contributed by atoms with Gasteiger partial charge in [-0.25, -0.2) is 4.98 Å². The number of nitrogens with zero attached hydrogens (tertiary/aromatic N) is 1. The quantitative estimate of drug-likeness (QED) is 0.223. The number of aromatic hydroxyl groups is 2. The molecule has 5 aromatic rings. The number of nitrogens with one attached hydrogen (secondary N) is 1. The van der Waals surface area contributed by atoms with Crippen molar-refractivity contribution in [1.82, 2.24) is 4.98 Å². The molecule has 180 valence electrons. The van der Waals surface area contributed by atoms with E-state index in [0.717, 1.165) is 32.7 Å². The van der Waals surface area contributed by atoms with E-state index >= 15 is 0 Å². The number of amides is 1. The average Bonchev–Trinajstić information content (AvgIpc) is 3.28. The molecule has 1 heterocycles. The molecule has 0 atom stereocenters. The van der Waals surface area contributed by atoms with Crippen molar-refractivity contribution in [3.63, 3.8) is 0 Å². The molecular weight excluding hydrogens is 472 g/mol. The van der Waals surface area contributed by atoms with E-state index in [9.17, 15) is 15.0 Å². The minimum atomic E-state index is -0.294. The van der Waals surface area contributed by atoms with Crippen molar-refractivity contribution >= 4 is 32.6 Å². The number of fused-ring (bicyclic) bond motifs is 1. The highest BCUT2D eigenvalue weighted by Gasteiger charge is 2.23. The van der Waals surface area contributed by atoms with Crippen LogP contribution >= 0.6 is 11.3 Å². The Kier molecular flexibility index (Phi) is 6.56. The van der Waals surface area contributed by atoms with Crippen LogP contribution in [0.25, 0.3) is 10.2 Å². The molecule has 0 fully saturated rings. The van der Waals surface area contributed by atoms with E-state index in [1.807, 2.05) is 67.6 Å². The van der Waals surface area contributed by atoms with Gasteiger partial charge < -0.3 is 14.9 Å². The molecule has 0 radical (unpaired) electrons. The van der Waals surface area contributed by atoms with E-state index < -0.39 is 0 Å². The van der Waals surface area contributed by atoms with Gasteiger partial charge >= 0.3 is 0 Å². The Balaban J connectivity index is 1.52. The molecule has 7 heteroatoms. The van der Waals surface area contributed by atoms with Crippen molar-refractivity contribution in [2.24, 2.45) is 0 Å². The summed E-state index contributed by atoms with van der Waals surface area (Å²) in [5.74, 6) is 0.534. The Hall–Kier alpha value is -4.36. The van der Waals surface area contributed by atoms with Crippen LogP contribution in [0, 0.1) is 0 Å². The smallest absolute Gasteiger partial charge is 0.257 e. The number of ether oxygens (including phenoxy) is 1. The molecule has 1 amide bonds. The van der Waals surface area contributed by atoms with Gasteiger partial charge in [-0.05, 0) is 72.1 Å². The summed E-state index contributed by atoms with van der Waals surface area (Å²) >= 11 is 1.39. The first-order valence-electron chi connectivity index (χ1n) is 11.5. The summed E-state index contributed by atoms with van der Waals surface area (Å²) in [5, 5.41) is 23.1. The third kappa shape index (κ3) is 4.87. The van der Waals surface area contributed by atoms with Crippen LogP contribution in [0.5, 0.6) is 17.2 Å². The largest absolute Gasteiger partial charge is 0.508 e. The van der Waals surface area contributed by atoms with Gasteiger partial charge in [0.05, 0.1) is 16.8 Å². The van der Waals surface area contributed by atoms with Crippen molar-refractivity contribution in [3.8, 4) is 17.2 Å². The lowest BCUT2D eigenvalue weighted by atomic mass is 9.82. The molecule has 5 rings (SSSR count). The van der Waals surface area contributed by atoms with Crippen LogP contribution < -0.4 is 10.1 Å². The highest BCUT2D eigenvalue weighted by Crippen LogP contribution is 2.36. The molecule has 36 heavy (non-hydrogen) atoms. The molecule has 0 bridgehead atoms. The summed E-state index contributed by atoms with van der Waals surface area (Å²) in [5.41, 5.74) is 3.91. The predicted octanol–water partition coefficient (Wildman–Crippen LogP) is 6.54. The molecular formula is C29H24N2O4S. The van der Waals surface area contributed by atoms with Gasteiger partial charge in [0.2, 0.25) is 0 Å². The number of phenolic OH excluding ortho intramolecular Hbond substituents is 2. The zero-order valence-electron chi connectivity index (χ0n) is 19.5. The zero-order chi connectivity index (χ0) is 25.1. The third-order valence-corrected chi connectivity index (χ3v) is 6.79. The summed E-state index contributed by atoms with van der Waals surface area (Å²) in [4.78, 5) is 18.1. The maximum Gasteiger partial charge on any atom is 0.257 e. The van der Waals surface area contributed by atoms with Crippen LogP contribution in [-0.2, 0) is 0 Å². The maximum absolute atomic E-state index is 13.5. The number of anilines is 1. The van der Waals surface area contributed by atoms with Gasteiger partial charge in [-0.2, -0.15) is 0 Å². The van der Waals surface area contributed by atoms with Crippen molar-refractivity contribution in [1.29, 1.82) is 0 Å². The summed E-state index contributed by atoms with van der Waals surface area (Å²) in [6.07, 6.45) is 0. The molecule has 0 saturated heterocycles. The minimum Gasteiger partial charge on any atom is -0.508 e. The number of carbonyl (C=O) groups is 1. The van der Waals surface area contributed by atoms with Gasteiger partial charge in [0, 0.05) is 11.5 Å². The van der Waals surface area contributed by atoms with Gasteiger partial charge in [0.15, 0.2) is 5.13 Å². The second-order valence-electron chi connectivity index (χ2n) is 8.24. The Morgan fingerprint density at radius 1 is 0.917 bits per heavy atom. The monoisotopic (exact) mass is 496 g/mol. The molecule has 4 aromatic carbocycles. The standard InChI is InChI=1S/C29H24N2O4S/c1-2-35-22-15-16-25-26(17-22)36-29(30-25)31-28(34)24-6-4-3-5-23(24)27(18-7-11-20(32)12-8-18)19-9-13-21(33)14-10-19/h3-17,27,32-33H,2H2,1H3,(H,30,31,34).